The van der Waals surface area contributed by atoms with E-state index in [2.05, 4.69) is 25.9 Å². The highest BCUT2D eigenvalue weighted by molar-refractivity contribution is 9.11. The van der Waals surface area contributed by atoms with Gasteiger partial charge >= 0.3 is 0 Å². The average molecular weight is 357 g/mol. The predicted molar refractivity (Wildman–Crippen MR) is 83.3 cm³/mol. The Morgan fingerprint density at radius 1 is 1.26 bits per heavy atom. The lowest BCUT2D eigenvalue weighted by Gasteiger charge is -2.05. The second-order valence-corrected chi connectivity index (χ2v) is 7.52. The van der Waals surface area contributed by atoms with Gasteiger partial charge in [-0.15, -0.1) is 11.3 Å². The van der Waals surface area contributed by atoms with Crippen LogP contribution in [0.2, 0.25) is 0 Å². The van der Waals surface area contributed by atoms with Crippen molar-refractivity contribution >= 4 is 44.8 Å². The minimum Gasteiger partial charge on any atom is -0.292 e. The molecule has 6 heteroatoms. The van der Waals surface area contributed by atoms with Gasteiger partial charge in [-0.05, 0) is 54.4 Å². The number of hydrogen-bond donors (Lipinski definition) is 0. The number of carbonyl (C=O) groups excluding carboxylic acids is 1. The largest absolute Gasteiger partial charge is 0.292 e. The molecular weight excluding hydrogens is 344 g/mol. The molecule has 0 bridgehead atoms. The van der Waals surface area contributed by atoms with E-state index in [9.17, 15) is 4.79 Å². The van der Waals surface area contributed by atoms with E-state index in [0.29, 0.717) is 10.9 Å². The maximum Gasteiger partial charge on any atom is 0.188 e. The zero-order chi connectivity index (χ0) is 14.0. The topological polar surface area (TPSA) is 42.9 Å². The molecule has 2 aromatic heterocycles. The van der Waals surface area contributed by atoms with Crippen molar-refractivity contribution in [3.8, 4) is 0 Å². The van der Waals surface area contributed by atoms with Crippen LogP contribution in [0.25, 0.3) is 0 Å². The van der Waals surface area contributed by atoms with Crippen LogP contribution in [-0.4, -0.2) is 21.5 Å². The van der Waals surface area contributed by atoms with E-state index >= 15 is 0 Å². The Morgan fingerprint density at radius 3 is 2.42 bits per heavy atom. The summed E-state index contributed by atoms with van der Waals surface area (Å²) in [6.45, 7) is 5.94. The van der Waals surface area contributed by atoms with E-state index in [1.54, 1.807) is 0 Å². The lowest BCUT2D eigenvalue weighted by molar-refractivity contribution is 0.102. The van der Waals surface area contributed by atoms with Crippen molar-refractivity contribution in [3.05, 3.63) is 37.7 Å². The number of Topliss-reactive ketones (excluding diaryl/α,β-unsaturated/α-hetero) is 1. The highest BCUT2D eigenvalue weighted by atomic mass is 79.9. The summed E-state index contributed by atoms with van der Waals surface area (Å²) in [4.78, 5) is 21.5. The number of hydrogen-bond acceptors (Lipinski definition) is 5. The Hall–Kier alpha value is -0.720. The third-order valence-corrected chi connectivity index (χ3v) is 5.30. The Bertz CT molecular complexity index is 602. The van der Waals surface area contributed by atoms with Crippen molar-refractivity contribution in [1.29, 1.82) is 0 Å². The summed E-state index contributed by atoms with van der Waals surface area (Å²) < 4.78 is 0.971. The Balaban J connectivity index is 2.05. The monoisotopic (exact) mass is 356 g/mol. The van der Waals surface area contributed by atoms with Gasteiger partial charge in [-0.25, -0.2) is 9.97 Å². The first-order valence-corrected chi connectivity index (χ1v) is 8.30. The predicted octanol–water partition coefficient (Wildman–Crippen LogP) is 4.20. The Kier molecular flexibility index (Phi) is 4.76. The van der Waals surface area contributed by atoms with Crippen LogP contribution in [0, 0.1) is 20.8 Å². The third kappa shape index (κ3) is 3.64. The third-order valence-electron chi connectivity index (χ3n) is 2.79. The number of rotatable bonds is 4. The van der Waals surface area contributed by atoms with Gasteiger partial charge in [0.15, 0.2) is 10.9 Å². The fraction of sp³-hybridized carbons (Fsp3) is 0.308. The molecular formula is C13H13BrN2OS2. The fourth-order valence-electron chi connectivity index (χ4n) is 1.47. The molecule has 2 rings (SSSR count). The van der Waals surface area contributed by atoms with Gasteiger partial charge in [0.1, 0.15) is 0 Å². The molecule has 2 heterocycles. The molecule has 0 aliphatic rings. The molecule has 19 heavy (non-hydrogen) atoms. The number of thiophene rings is 1. The molecule has 0 N–H and O–H groups in total. The zero-order valence-electron chi connectivity index (χ0n) is 10.9. The SMILES string of the molecule is Cc1nc(SCC(=O)c2ccc(Br)s2)nc(C)c1C. The number of aromatic nitrogens is 2. The van der Waals surface area contributed by atoms with Crippen LogP contribution in [0.1, 0.15) is 26.6 Å². The summed E-state index contributed by atoms with van der Waals surface area (Å²) in [5.74, 6) is 0.481. The maximum atomic E-state index is 12.0. The highest BCUT2D eigenvalue weighted by Gasteiger charge is 2.11. The van der Waals surface area contributed by atoms with Crippen molar-refractivity contribution in [2.24, 2.45) is 0 Å². The molecule has 0 saturated carbocycles. The standard InChI is InChI=1S/C13H13BrN2OS2/c1-7-8(2)15-13(16-9(7)3)18-6-10(17)11-4-5-12(14)19-11/h4-5H,6H2,1-3H3. The minimum absolute atomic E-state index is 0.111. The summed E-state index contributed by atoms with van der Waals surface area (Å²) in [5, 5.41) is 0.671. The van der Waals surface area contributed by atoms with E-state index in [1.807, 2.05) is 32.9 Å². The van der Waals surface area contributed by atoms with Gasteiger partial charge in [0.25, 0.3) is 0 Å². The van der Waals surface area contributed by atoms with Crippen LogP contribution in [-0.2, 0) is 0 Å². The summed E-state index contributed by atoms with van der Waals surface area (Å²) in [6, 6.07) is 3.73. The quantitative estimate of drug-likeness (QED) is 0.467. The molecule has 0 aliphatic carbocycles. The van der Waals surface area contributed by atoms with Crippen molar-refractivity contribution < 1.29 is 4.79 Å². The Morgan fingerprint density at radius 2 is 1.89 bits per heavy atom. The molecule has 0 fully saturated rings. The second-order valence-electron chi connectivity index (χ2n) is 4.12. The van der Waals surface area contributed by atoms with E-state index in [4.69, 9.17) is 0 Å². The summed E-state index contributed by atoms with van der Waals surface area (Å²) in [5.41, 5.74) is 3.06. The van der Waals surface area contributed by atoms with E-state index < -0.39 is 0 Å². The first-order valence-electron chi connectivity index (χ1n) is 5.70. The molecule has 0 atom stereocenters. The fourth-order valence-corrected chi connectivity index (χ4v) is 3.70. The second kappa shape index (κ2) is 6.15. The van der Waals surface area contributed by atoms with E-state index in [0.717, 1.165) is 25.6 Å². The number of carbonyl (C=O) groups is 1. The van der Waals surface area contributed by atoms with Crippen molar-refractivity contribution in [1.82, 2.24) is 9.97 Å². The van der Waals surface area contributed by atoms with Crippen molar-refractivity contribution in [2.75, 3.05) is 5.75 Å². The lowest BCUT2D eigenvalue weighted by Crippen LogP contribution is -2.03. The van der Waals surface area contributed by atoms with Crippen LogP contribution < -0.4 is 0 Å². The maximum absolute atomic E-state index is 12.0. The molecule has 100 valence electrons. The smallest absolute Gasteiger partial charge is 0.188 e. The van der Waals surface area contributed by atoms with Crippen LogP contribution in [0.4, 0.5) is 0 Å². The Labute approximate surface area is 129 Å². The average Bonchev–Trinajstić information content (AvgIpc) is 2.79. The summed E-state index contributed by atoms with van der Waals surface area (Å²) >= 11 is 6.20. The molecule has 0 radical (unpaired) electrons. The molecule has 0 aliphatic heterocycles. The van der Waals surface area contributed by atoms with Crippen LogP contribution >= 0.6 is 39.0 Å². The number of aryl methyl sites for hydroxylation is 2. The van der Waals surface area contributed by atoms with Crippen LogP contribution in [0.15, 0.2) is 21.1 Å². The zero-order valence-corrected chi connectivity index (χ0v) is 14.1. The highest BCUT2D eigenvalue weighted by Crippen LogP contribution is 2.24. The van der Waals surface area contributed by atoms with Crippen LogP contribution in [0.3, 0.4) is 0 Å². The first-order chi connectivity index (χ1) is 8.97. The minimum atomic E-state index is 0.111. The van der Waals surface area contributed by atoms with Crippen molar-refractivity contribution in [2.45, 2.75) is 25.9 Å². The first kappa shape index (κ1) is 14.7. The summed E-state index contributed by atoms with van der Waals surface area (Å²) in [6.07, 6.45) is 0. The van der Waals surface area contributed by atoms with Gasteiger partial charge in [-0.3, -0.25) is 4.79 Å². The van der Waals surface area contributed by atoms with Crippen LogP contribution in [0.5, 0.6) is 0 Å². The van der Waals surface area contributed by atoms with Gasteiger partial charge in [-0.1, -0.05) is 11.8 Å². The van der Waals surface area contributed by atoms with Gasteiger partial charge in [0, 0.05) is 11.4 Å². The van der Waals surface area contributed by atoms with Gasteiger partial charge in [0.2, 0.25) is 0 Å². The number of nitrogens with zero attached hydrogens (tertiary/aromatic N) is 2. The van der Waals surface area contributed by atoms with Gasteiger partial charge < -0.3 is 0 Å². The molecule has 0 spiro atoms. The lowest BCUT2D eigenvalue weighted by atomic mass is 10.2. The normalized spacial score (nSPS) is 10.7. The molecule has 0 saturated heterocycles. The molecule has 0 unspecified atom stereocenters. The molecule has 0 aromatic carbocycles. The summed E-state index contributed by atoms with van der Waals surface area (Å²) in [7, 11) is 0. The van der Waals surface area contributed by atoms with E-state index in [1.165, 1.54) is 23.1 Å². The molecule has 3 nitrogen and oxygen atoms in total. The number of thioether (sulfide) groups is 1. The number of ketones is 1. The van der Waals surface area contributed by atoms with Crippen molar-refractivity contribution in [3.63, 3.8) is 0 Å². The van der Waals surface area contributed by atoms with Gasteiger partial charge in [-0.2, -0.15) is 0 Å². The van der Waals surface area contributed by atoms with E-state index in [-0.39, 0.29) is 5.78 Å². The molecule has 0 amide bonds. The molecule has 2 aromatic rings. The van der Waals surface area contributed by atoms with Gasteiger partial charge in [0.05, 0.1) is 14.4 Å². The number of halogens is 1.